The second-order valence-electron chi connectivity index (χ2n) is 8.13. The van der Waals surface area contributed by atoms with Gasteiger partial charge < -0.3 is 14.9 Å². The fourth-order valence-corrected chi connectivity index (χ4v) is 4.70. The van der Waals surface area contributed by atoms with Crippen molar-refractivity contribution in [2.75, 3.05) is 0 Å². The van der Waals surface area contributed by atoms with E-state index < -0.39 is 16.7 Å². The third-order valence-electron chi connectivity index (χ3n) is 6.29. The standard InChI is InChI=1S/C23H21N5O4/c24-12-16-19(17-10-11-18(31-17)28(29)30)20-21(26-27-23(20)32-22(16)25)15-8-6-14(7-9-15)13-4-2-1-3-5-13/h6-11,13,19H,1-5,25H2,(H,26,27)/t19-/m0/s1. The van der Waals surface area contributed by atoms with Gasteiger partial charge in [-0.1, -0.05) is 43.5 Å². The lowest BCUT2D eigenvalue weighted by Gasteiger charge is -2.23. The molecular formula is C23H21N5O4. The summed E-state index contributed by atoms with van der Waals surface area (Å²) in [5.74, 6) is -0.259. The Bertz CT molecular complexity index is 1240. The summed E-state index contributed by atoms with van der Waals surface area (Å²) in [5.41, 5.74) is 9.47. The number of hydrogen-bond acceptors (Lipinski definition) is 7. The molecular weight excluding hydrogens is 410 g/mol. The third-order valence-corrected chi connectivity index (χ3v) is 6.29. The van der Waals surface area contributed by atoms with E-state index in [2.05, 4.69) is 28.4 Å². The number of benzene rings is 1. The van der Waals surface area contributed by atoms with Crippen LogP contribution < -0.4 is 10.5 Å². The van der Waals surface area contributed by atoms with Crippen LogP contribution in [0.15, 0.2) is 52.3 Å². The van der Waals surface area contributed by atoms with Crippen molar-refractivity contribution >= 4 is 5.88 Å². The van der Waals surface area contributed by atoms with Gasteiger partial charge in [-0.3, -0.25) is 15.2 Å². The van der Waals surface area contributed by atoms with Crippen molar-refractivity contribution in [3.05, 3.63) is 74.9 Å². The second kappa shape index (κ2) is 7.89. The van der Waals surface area contributed by atoms with Gasteiger partial charge >= 0.3 is 5.88 Å². The number of nitrogens with two attached hydrogens (primary N) is 1. The molecule has 0 amide bonds. The van der Waals surface area contributed by atoms with E-state index in [0.717, 1.165) is 5.56 Å². The average Bonchev–Trinajstić information content (AvgIpc) is 3.46. The van der Waals surface area contributed by atoms with Crippen molar-refractivity contribution in [3.8, 4) is 23.2 Å². The Morgan fingerprint density at radius 2 is 1.91 bits per heavy atom. The van der Waals surface area contributed by atoms with Gasteiger partial charge in [-0.25, -0.2) is 0 Å². The first-order valence-electron chi connectivity index (χ1n) is 10.6. The zero-order valence-electron chi connectivity index (χ0n) is 17.2. The molecule has 5 rings (SSSR count). The predicted molar refractivity (Wildman–Crippen MR) is 115 cm³/mol. The van der Waals surface area contributed by atoms with Gasteiger partial charge in [-0.05, 0) is 30.4 Å². The molecule has 9 heteroatoms. The smallest absolute Gasteiger partial charge is 0.420 e. The van der Waals surface area contributed by atoms with E-state index in [-0.39, 0.29) is 23.1 Å². The predicted octanol–water partition coefficient (Wildman–Crippen LogP) is 4.84. The summed E-state index contributed by atoms with van der Waals surface area (Å²) in [4.78, 5) is 10.5. The first-order valence-corrected chi connectivity index (χ1v) is 10.6. The number of rotatable bonds is 4. The number of aromatic amines is 1. The number of aromatic nitrogens is 2. The molecule has 2 aliphatic rings. The molecule has 1 aliphatic heterocycles. The zero-order chi connectivity index (χ0) is 22.2. The minimum absolute atomic E-state index is 0.102. The molecule has 0 spiro atoms. The lowest BCUT2D eigenvalue weighted by molar-refractivity contribution is -0.402. The van der Waals surface area contributed by atoms with Gasteiger partial charge in [0, 0.05) is 5.56 Å². The Hall–Kier alpha value is -4.06. The first kappa shape index (κ1) is 19.9. The molecule has 1 atom stereocenters. The topological polar surface area (TPSA) is 144 Å². The van der Waals surface area contributed by atoms with Crippen LogP contribution in [0.5, 0.6) is 5.88 Å². The SMILES string of the molecule is N#CC1=C(N)Oc2n[nH]c(-c3ccc(C4CCCCC4)cc3)c2[C@@H]1c1ccc([N+](=O)[O-])o1. The fraction of sp³-hybridized carbons (Fsp3) is 0.304. The van der Waals surface area contributed by atoms with Crippen LogP contribution in [0.25, 0.3) is 11.3 Å². The van der Waals surface area contributed by atoms with Crippen molar-refractivity contribution in [2.45, 2.75) is 43.9 Å². The second-order valence-corrected chi connectivity index (χ2v) is 8.13. The average molecular weight is 431 g/mol. The third kappa shape index (κ3) is 3.30. The van der Waals surface area contributed by atoms with Crippen LogP contribution in [0.4, 0.5) is 5.88 Å². The Morgan fingerprint density at radius 1 is 1.16 bits per heavy atom. The molecule has 1 fully saturated rings. The number of nitrogens with one attached hydrogen (secondary N) is 1. The Labute approximate surface area is 183 Å². The van der Waals surface area contributed by atoms with Crippen LogP contribution in [-0.4, -0.2) is 15.1 Å². The summed E-state index contributed by atoms with van der Waals surface area (Å²) in [6, 6.07) is 13.1. The Morgan fingerprint density at radius 3 is 2.56 bits per heavy atom. The molecule has 3 N–H and O–H groups in total. The maximum atomic E-state index is 11.1. The lowest BCUT2D eigenvalue weighted by Crippen LogP contribution is -2.20. The number of H-pyrrole nitrogens is 1. The highest BCUT2D eigenvalue weighted by Gasteiger charge is 2.38. The van der Waals surface area contributed by atoms with Crippen LogP contribution in [0.3, 0.4) is 0 Å². The van der Waals surface area contributed by atoms with Crippen LogP contribution in [0.2, 0.25) is 0 Å². The maximum Gasteiger partial charge on any atom is 0.433 e. The largest absolute Gasteiger partial charge is 0.433 e. The molecule has 0 radical (unpaired) electrons. The summed E-state index contributed by atoms with van der Waals surface area (Å²) >= 11 is 0. The van der Waals surface area contributed by atoms with Crippen molar-refractivity contribution < 1.29 is 14.1 Å². The summed E-state index contributed by atoms with van der Waals surface area (Å²) < 4.78 is 11.0. The highest BCUT2D eigenvalue weighted by atomic mass is 16.6. The summed E-state index contributed by atoms with van der Waals surface area (Å²) in [5, 5.41) is 28.1. The number of hydrogen-bond donors (Lipinski definition) is 2. The van der Waals surface area contributed by atoms with Crippen LogP contribution >= 0.6 is 0 Å². The molecule has 1 saturated carbocycles. The number of fused-ring (bicyclic) bond motifs is 1. The quantitative estimate of drug-likeness (QED) is 0.444. The van der Waals surface area contributed by atoms with Crippen LogP contribution in [-0.2, 0) is 0 Å². The minimum Gasteiger partial charge on any atom is -0.420 e. The molecule has 1 aromatic carbocycles. The van der Waals surface area contributed by atoms with Crippen molar-refractivity contribution in [2.24, 2.45) is 5.73 Å². The fourth-order valence-electron chi connectivity index (χ4n) is 4.70. The van der Waals surface area contributed by atoms with E-state index in [9.17, 15) is 15.4 Å². The molecule has 9 nitrogen and oxygen atoms in total. The summed E-state index contributed by atoms with van der Waals surface area (Å²) in [7, 11) is 0. The molecule has 0 unspecified atom stereocenters. The highest BCUT2D eigenvalue weighted by molar-refractivity contribution is 5.70. The molecule has 1 aliphatic carbocycles. The van der Waals surface area contributed by atoms with Gasteiger partial charge in [0.1, 0.15) is 22.3 Å². The minimum atomic E-state index is -0.774. The summed E-state index contributed by atoms with van der Waals surface area (Å²) in [6.45, 7) is 0. The van der Waals surface area contributed by atoms with Gasteiger partial charge in [0.05, 0.1) is 23.2 Å². The van der Waals surface area contributed by atoms with Gasteiger partial charge in [0.15, 0.2) is 0 Å². The van der Waals surface area contributed by atoms with E-state index in [1.807, 2.05) is 12.1 Å². The highest BCUT2D eigenvalue weighted by Crippen LogP contribution is 2.46. The molecule has 0 saturated heterocycles. The van der Waals surface area contributed by atoms with Gasteiger partial charge in [-0.2, -0.15) is 5.26 Å². The van der Waals surface area contributed by atoms with Crippen molar-refractivity contribution in [1.29, 1.82) is 5.26 Å². The summed E-state index contributed by atoms with van der Waals surface area (Å²) in [6.07, 6.45) is 6.25. The Kier molecular flexibility index (Phi) is 4.90. The Balaban J connectivity index is 1.57. The number of furan rings is 1. The van der Waals surface area contributed by atoms with Crippen molar-refractivity contribution in [3.63, 3.8) is 0 Å². The normalized spacial score (nSPS) is 18.7. The number of nitriles is 1. The number of nitro groups is 1. The van der Waals surface area contributed by atoms with E-state index in [0.29, 0.717) is 17.2 Å². The first-order chi connectivity index (χ1) is 15.6. The number of allylic oxidation sites excluding steroid dienone is 1. The molecule has 3 heterocycles. The van der Waals surface area contributed by atoms with E-state index >= 15 is 0 Å². The van der Waals surface area contributed by atoms with Crippen molar-refractivity contribution in [1.82, 2.24) is 10.2 Å². The lowest BCUT2D eigenvalue weighted by atomic mass is 9.83. The van der Waals surface area contributed by atoms with E-state index in [1.54, 1.807) is 0 Å². The van der Waals surface area contributed by atoms with E-state index in [4.69, 9.17) is 14.9 Å². The number of nitrogens with zero attached hydrogens (tertiary/aromatic N) is 3. The van der Waals surface area contributed by atoms with Crippen LogP contribution in [0, 0.1) is 21.4 Å². The number of ether oxygens (including phenoxy) is 1. The zero-order valence-corrected chi connectivity index (χ0v) is 17.2. The molecule has 2 aromatic heterocycles. The van der Waals surface area contributed by atoms with Gasteiger partial charge in [-0.15, -0.1) is 5.10 Å². The molecule has 0 bridgehead atoms. The monoisotopic (exact) mass is 431 g/mol. The van der Waals surface area contributed by atoms with E-state index in [1.165, 1.54) is 49.8 Å². The van der Waals surface area contributed by atoms with Crippen LogP contribution in [0.1, 0.15) is 60.8 Å². The molecule has 162 valence electrons. The van der Waals surface area contributed by atoms with Gasteiger partial charge in [0.25, 0.3) is 0 Å². The maximum absolute atomic E-state index is 11.1. The van der Waals surface area contributed by atoms with Gasteiger partial charge in [0.2, 0.25) is 11.8 Å². The molecule has 32 heavy (non-hydrogen) atoms. The molecule has 3 aromatic rings.